The molecular formula is C29H30N4O10. The first kappa shape index (κ1) is 30.3. The fourth-order valence-corrected chi connectivity index (χ4v) is 4.74. The molecule has 0 bridgehead atoms. The van der Waals surface area contributed by atoms with Crippen molar-refractivity contribution < 1.29 is 39.4 Å². The van der Waals surface area contributed by atoms with Crippen molar-refractivity contribution in [3.8, 4) is 11.8 Å². The molecule has 3 aromatic rings. The number of amides is 1. The van der Waals surface area contributed by atoms with Crippen molar-refractivity contribution in [1.29, 1.82) is 0 Å². The Kier molecular flexibility index (Phi) is 9.16. The third-order valence-corrected chi connectivity index (χ3v) is 7.07. The quantitative estimate of drug-likeness (QED) is 0.152. The highest BCUT2D eigenvalue weighted by Crippen LogP contribution is 2.33. The first-order chi connectivity index (χ1) is 20.7. The molecule has 2 fully saturated rings. The van der Waals surface area contributed by atoms with Gasteiger partial charge in [-0.25, -0.2) is 4.79 Å². The first-order valence-electron chi connectivity index (χ1n) is 13.3. The topological polar surface area (TPSA) is 219 Å². The molecule has 8 N–H and O–H groups in total. The second-order valence-corrected chi connectivity index (χ2v) is 9.97. The molecule has 0 unspecified atom stereocenters. The van der Waals surface area contributed by atoms with Crippen LogP contribution in [-0.4, -0.2) is 91.4 Å². The van der Waals surface area contributed by atoms with E-state index >= 15 is 0 Å². The van der Waals surface area contributed by atoms with Crippen LogP contribution in [0.25, 0.3) is 0 Å². The zero-order chi connectivity index (χ0) is 30.7. The van der Waals surface area contributed by atoms with Crippen LogP contribution in [0.4, 0.5) is 5.69 Å². The maximum absolute atomic E-state index is 12.6. The number of aromatic nitrogens is 2. The normalized spacial score (nSPS) is 29.0. The number of anilines is 1. The lowest BCUT2D eigenvalue weighted by Gasteiger charge is -2.26. The van der Waals surface area contributed by atoms with Crippen molar-refractivity contribution in [1.82, 2.24) is 9.55 Å². The van der Waals surface area contributed by atoms with Gasteiger partial charge in [-0.15, -0.1) is 0 Å². The van der Waals surface area contributed by atoms with Gasteiger partial charge >= 0.3 is 5.69 Å². The third kappa shape index (κ3) is 6.59. The van der Waals surface area contributed by atoms with Gasteiger partial charge in [-0.2, -0.15) is 0 Å². The molecule has 0 saturated carbocycles. The van der Waals surface area contributed by atoms with Crippen LogP contribution in [0, 0.1) is 11.8 Å². The van der Waals surface area contributed by atoms with Gasteiger partial charge in [0.15, 0.2) is 18.6 Å². The third-order valence-electron chi connectivity index (χ3n) is 7.07. The molecule has 5 rings (SSSR count). The van der Waals surface area contributed by atoms with Crippen LogP contribution < -0.4 is 22.3 Å². The van der Waals surface area contributed by atoms with E-state index in [2.05, 4.69) is 17.2 Å². The summed E-state index contributed by atoms with van der Waals surface area (Å²) in [7, 11) is 0. The lowest BCUT2D eigenvalue weighted by atomic mass is 10.0. The number of aliphatic hydroxyl groups is 4. The summed E-state index contributed by atoms with van der Waals surface area (Å²) in [5, 5.41) is 45.1. The fourth-order valence-electron chi connectivity index (χ4n) is 4.74. The molecule has 43 heavy (non-hydrogen) atoms. The lowest BCUT2D eigenvalue weighted by Crippen LogP contribution is -2.43. The number of H-pyrrole nitrogens is 1. The number of benzene rings is 2. The van der Waals surface area contributed by atoms with Crippen LogP contribution in [0.15, 0.2) is 76.4 Å². The van der Waals surface area contributed by atoms with Crippen molar-refractivity contribution in [2.45, 2.75) is 55.2 Å². The highest BCUT2D eigenvalue weighted by atomic mass is 16.7. The van der Waals surface area contributed by atoms with E-state index in [9.17, 15) is 34.8 Å². The zero-order valence-electron chi connectivity index (χ0n) is 22.5. The molecule has 14 heteroatoms. The average Bonchev–Trinajstić information content (AvgIpc) is 3.45. The second-order valence-electron chi connectivity index (χ2n) is 9.97. The summed E-state index contributed by atoms with van der Waals surface area (Å²) in [5.74, 6) is 5.32. The highest BCUT2D eigenvalue weighted by molar-refractivity contribution is 6.04. The van der Waals surface area contributed by atoms with E-state index in [4.69, 9.17) is 19.9 Å². The maximum Gasteiger partial charge on any atom is 0.330 e. The van der Waals surface area contributed by atoms with Gasteiger partial charge in [0.05, 0.1) is 0 Å². The summed E-state index contributed by atoms with van der Waals surface area (Å²) in [6.07, 6.45) is -11.6. The number of para-hydroxylation sites is 1. The highest BCUT2D eigenvalue weighted by Gasteiger charge is 2.50. The number of aliphatic hydroxyl groups excluding tert-OH is 4. The van der Waals surface area contributed by atoms with Crippen molar-refractivity contribution >= 4 is 11.6 Å². The van der Waals surface area contributed by atoms with Gasteiger partial charge < -0.3 is 45.7 Å². The maximum atomic E-state index is 12.6. The number of nitrogens with one attached hydrogen (secondary N) is 2. The molecule has 0 spiro atoms. The Morgan fingerprint density at radius 1 is 0.977 bits per heavy atom. The van der Waals surface area contributed by atoms with Gasteiger partial charge in [-0.3, -0.25) is 19.1 Å². The Labute approximate surface area is 244 Å². The van der Waals surface area contributed by atoms with Crippen molar-refractivity contribution in [3.63, 3.8) is 0 Å². The summed E-state index contributed by atoms with van der Waals surface area (Å²) >= 11 is 0. The standard InChI is InChI=1S/C29H30N4O10/c30-14-19-21(35)24(38)28(42-19)41-18(25-22(36)23(37)27(43-25)33-13-12-20(34)32-29(33)40)11-8-15-6-9-16(10-7-15)26(39)31-17-4-2-1-3-5-17/h1-7,9-10,12-13,18-19,21-25,27-28,35-38H,14,30H2,(H,31,39)(H,32,34,40)/t18-,19+,21+,22-,23+,24+,25+,27+,28+/m0/s1. The summed E-state index contributed by atoms with van der Waals surface area (Å²) in [4.78, 5) is 38.4. The van der Waals surface area contributed by atoms with Gasteiger partial charge in [0.2, 0.25) is 0 Å². The Balaban J connectivity index is 1.39. The number of nitrogens with two attached hydrogens (primary N) is 1. The molecule has 226 valence electrons. The minimum Gasteiger partial charge on any atom is -0.387 e. The van der Waals surface area contributed by atoms with Crippen molar-refractivity contribution in [2.75, 3.05) is 11.9 Å². The zero-order valence-corrected chi connectivity index (χ0v) is 22.5. The Morgan fingerprint density at radius 3 is 2.35 bits per heavy atom. The van der Waals surface area contributed by atoms with E-state index in [1.165, 1.54) is 0 Å². The number of nitrogens with zero attached hydrogens (tertiary/aromatic N) is 1. The monoisotopic (exact) mass is 594 g/mol. The van der Waals surface area contributed by atoms with Crippen LogP contribution in [0.1, 0.15) is 22.1 Å². The van der Waals surface area contributed by atoms with Crippen LogP contribution in [0.5, 0.6) is 0 Å². The van der Waals surface area contributed by atoms with Crippen LogP contribution in [-0.2, 0) is 14.2 Å². The number of rotatable bonds is 7. The summed E-state index contributed by atoms with van der Waals surface area (Å²) in [5.41, 5.74) is 5.50. The van der Waals surface area contributed by atoms with Gasteiger partial charge in [-0.05, 0) is 36.4 Å². The van der Waals surface area contributed by atoms with E-state index in [1.807, 2.05) is 11.1 Å². The lowest BCUT2D eigenvalue weighted by molar-refractivity contribution is -0.205. The minimum atomic E-state index is -1.64. The second kappa shape index (κ2) is 13.0. The van der Waals surface area contributed by atoms with Crippen LogP contribution in [0.3, 0.4) is 0 Å². The summed E-state index contributed by atoms with van der Waals surface area (Å²) in [6, 6.07) is 16.3. The fraction of sp³-hybridized carbons (Fsp3) is 0.345. The van der Waals surface area contributed by atoms with E-state index in [0.717, 1.165) is 16.8 Å². The van der Waals surface area contributed by atoms with Gasteiger partial charge in [-0.1, -0.05) is 30.0 Å². The van der Waals surface area contributed by atoms with Crippen LogP contribution >= 0.6 is 0 Å². The molecule has 2 aliphatic heterocycles. The molecule has 2 aromatic carbocycles. The molecular weight excluding hydrogens is 564 g/mol. The molecule has 14 nitrogen and oxygen atoms in total. The van der Waals surface area contributed by atoms with Gasteiger partial charge in [0.25, 0.3) is 11.5 Å². The molecule has 0 aliphatic carbocycles. The number of carbonyl (C=O) groups is 1. The predicted molar refractivity (Wildman–Crippen MR) is 150 cm³/mol. The SMILES string of the molecule is NC[C@H]1O[C@@H](O[C@@H](C#Cc2ccc(C(=O)Nc3ccccc3)cc2)[C@H]2O[C@@H](n3ccc(=O)[nH]c3=O)[C@H](O)[C@@H]2O)[C@H](O)[C@@H]1O. The molecule has 9 atom stereocenters. The molecule has 1 amide bonds. The Bertz CT molecular complexity index is 1600. The predicted octanol–water partition coefficient (Wildman–Crippen LogP) is -1.75. The number of aromatic amines is 1. The average molecular weight is 595 g/mol. The number of carbonyl (C=O) groups excluding carboxylic acids is 1. The van der Waals surface area contributed by atoms with Gasteiger partial charge in [0, 0.05) is 35.6 Å². The van der Waals surface area contributed by atoms with Gasteiger partial charge in [0.1, 0.15) is 36.6 Å². The Morgan fingerprint density at radius 2 is 1.70 bits per heavy atom. The Hall–Kier alpha value is -4.17. The van der Waals surface area contributed by atoms with Crippen molar-refractivity contribution in [3.05, 3.63) is 98.8 Å². The van der Waals surface area contributed by atoms with E-state index in [1.54, 1.807) is 48.5 Å². The summed E-state index contributed by atoms with van der Waals surface area (Å²) < 4.78 is 18.1. The largest absolute Gasteiger partial charge is 0.387 e. The van der Waals surface area contributed by atoms with E-state index < -0.39 is 66.5 Å². The number of hydrogen-bond acceptors (Lipinski definition) is 11. The first-order valence-corrected chi connectivity index (χ1v) is 13.3. The molecule has 2 aliphatic rings. The smallest absolute Gasteiger partial charge is 0.330 e. The molecule has 1 aromatic heterocycles. The van der Waals surface area contributed by atoms with E-state index in [0.29, 0.717) is 16.8 Å². The molecule has 2 saturated heterocycles. The number of hydrogen-bond donors (Lipinski definition) is 7. The van der Waals surface area contributed by atoms with Crippen molar-refractivity contribution in [2.24, 2.45) is 5.73 Å². The summed E-state index contributed by atoms with van der Waals surface area (Å²) in [6.45, 7) is -0.114. The molecule has 0 radical (unpaired) electrons. The number of ether oxygens (including phenoxy) is 3. The molecule has 3 heterocycles. The minimum absolute atomic E-state index is 0.114. The van der Waals surface area contributed by atoms with Crippen LogP contribution in [0.2, 0.25) is 0 Å². The van der Waals surface area contributed by atoms with E-state index in [-0.39, 0.29) is 12.5 Å².